The van der Waals surface area contributed by atoms with Gasteiger partial charge in [-0.15, -0.1) is 11.3 Å². The van der Waals surface area contributed by atoms with Crippen LogP contribution in [0.25, 0.3) is 17.0 Å². The number of hydrogen-bond donors (Lipinski definition) is 0. The zero-order chi connectivity index (χ0) is 19.1. The summed E-state index contributed by atoms with van der Waals surface area (Å²) in [6.45, 7) is 5.09. The maximum absolute atomic E-state index is 13.4. The molecule has 1 atom stereocenters. The van der Waals surface area contributed by atoms with E-state index in [1.807, 2.05) is 17.9 Å². The Labute approximate surface area is 166 Å². The Morgan fingerprint density at radius 1 is 1.14 bits per heavy atom. The van der Waals surface area contributed by atoms with E-state index in [9.17, 15) is 4.39 Å². The number of aryl methyl sites for hydroxylation is 1. The maximum atomic E-state index is 13.4. The van der Waals surface area contributed by atoms with E-state index in [-0.39, 0.29) is 5.82 Å². The number of benzene rings is 1. The maximum Gasteiger partial charge on any atom is 0.234 e. The summed E-state index contributed by atoms with van der Waals surface area (Å²) >= 11 is 1.73. The van der Waals surface area contributed by atoms with E-state index in [0.29, 0.717) is 11.7 Å². The predicted octanol–water partition coefficient (Wildman–Crippen LogP) is 4.29. The van der Waals surface area contributed by atoms with Crippen LogP contribution in [0.4, 0.5) is 4.39 Å². The molecule has 1 aliphatic rings. The molecule has 1 saturated heterocycles. The summed E-state index contributed by atoms with van der Waals surface area (Å²) in [7, 11) is 0. The Hall–Kier alpha value is -2.64. The Kier molecular flexibility index (Phi) is 4.41. The van der Waals surface area contributed by atoms with Crippen LogP contribution in [-0.4, -0.2) is 37.3 Å². The van der Waals surface area contributed by atoms with Gasteiger partial charge >= 0.3 is 0 Å². The molecule has 5 rings (SSSR count). The highest BCUT2D eigenvalue weighted by atomic mass is 32.1. The van der Waals surface area contributed by atoms with Crippen LogP contribution < -0.4 is 0 Å². The first-order chi connectivity index (χ1) is 13.7. The van der Waals surface area contributed by atoms with E-state index >= 15 is 0 Å². The lowest BCUT2D eigenvalue weighted by atomic mass is 10.0. The van der Waals surface area contributed by atoms with Crippen molar-refractivity contribution in [3.05, 3.63) is 70.3 Å². The van der Waals surface area contributed by atoms with Crippen LogP contribution in [0.5, 0.6) is 0 Å². The molecule has 0 saturated carbocycles. The number of nitrogens with zero attached hydrogens (tertiary/aromatic N) is 5. The molecule has 4 aromatic rings. The second kappa shape index (κ2) is 7.07. The summed E-state index contributed by atoms with van der Waals surface area (Å²) in [5.74, 6) is 0.862. The molecule has 0 unspecified atom stereocenters. The smallest absolute Gasteiger partial charge is 0.234 e. The van der Waals surface area contributed by atoms with Crippen LogP contribution >= 0.6 is 11.3 Å². The molecule has 4 heterocycles. The third-order valence-corrected chi connectivity index (χ3v) is 6.40. The molecule has 142 valence electrons. The minimum Gasteiger partial charge on any atom is -0.298 e. The van der Waals surface area contributed by atoms with Gasteiger partial charge in [0, 0.05) is 41.3 Å². The second-order valence-electron chi connectivity index (χ2n) is 7.24. The molecule has 0 bridgehead atoms. The Morgan fingerprint density at radius 2 is 2.00 bits per heavy atom. The molecule has 3 aromatic heterocycles. The fraction of sp³-hybridized carbons (Fsp3) is 0.286. The summed E-state index contributed by atoms with van der Waals surface area (Å²) in [4.78, 5) is 17.1. The molecule has 0 amide bonds. The SMILES string of the molecule is Cc1ncsc1CN1CC[C@@H](c2ccnc3ncc(-c4ccc(F)cc4)n23)C1. The van der Waals surface area contributed by atoms with Crippen molar-refractivity contribution in [3.8, 4) is 11.3 Å². The number of rotatable bonds is 4. The molecule has 0 radical (unpaired) electrons. The van der Waals surface area contributed by atoms with Crippen LogP contribution in [0.2, 0.25) is 0 Å². The lowest BCUT2D eigenvalue weighted by molar-refractivity contribution is 0.328. The van der Waals surface area contributed by atoms with Gasteiger partial charge in [-0.2, -0.15) is 0 Å². The number of thiazole rings is 1. The minimum atomic E-state index is -0.235. The number of fused-ring (bicyclic) bond motifs is 1. The van der Waals surface area contributed by atoms with E-state index in [1.165, 1.54) is 22.7 Å². The van der Waals surface area contributed by atoms with Crippen LogP contribution in [-0.2, 0) is 6.54 Å². The van der Waals surface area contributed by atoms with Crippen molar-refractivity contribution >= 4 is 17.1 Å². The van der Waals surface area contributed by atoms with Gasteiger partial charge in [0.05, 0.1) is 23.1 Å². The van der Waals surface area contributed by atoms with Crippen molar-refractivity contribution in [2.75, 3.05) is 13.1 Å². The van der Waals surface area contributed by atoms with E-state index in [1.54, 1.807) is 23.5 Å². The summed E-state index contributed by atoms with van der Waals surface area (Å²) in [5.41, 5.74) is 6.16. The summed E-state index contributed by atoms with van der Waals surface area (Å²) < 4.78 is 15.5. The summed E-state index contributed by atoms with van der Waals surface area (Å²) in [6, 6.07) is 8.65. The van der Waals surface area contributed by atoms with Gasteiger partial charge in [-0.3, -0.25) is 9.30 Å². The van der Waals surface area contributed by atoms with Gasteiger partial charge < -0.3 is 0 Å². The van der Waals surface area contributed by atoms with Gasteiger partial charge in [0.15, 0.2) is 0 Å². The van der Waals surface area contributed by atoms with Gasteiger partial charge in [0.1, 0.15) is 5.82 Å². The number of aromatic nitrogens is 4. The van der Waals surface area contributed by atoms with Crippen molar-refractivity contribution < 1.29 is 4.39 Å². The lowest BCUT2D eigenvalue weighted by Gasteiger charge is -2.17. The highest BCUT2D eigenvalue weighted by molar-refractivity contribution is 7.09. The zero-order valence-electron chi connectivity index (χ0n) is 15.5. The van der Waals surface area contributed by atoms with Gasteiger partial charge in [-0.25, -0.2) is 19.3 Å². The first-order valence-corrected chi connectivity index (χ1v) is 10.3. The predicted molar refractivity (Wildman–Crippen MR) is 108 cm³/mol. The standard InChI is InChI=1S/C21H20FN5S/c1-14-20(28-13-25-14)12-26-9-7-16(11-26)18-6-8-23-21-24-10-19(27(18)21)15-2-4-17(22)5-3-15/h2-6,8,10,13,16H,7,9,11-12H2,1H3/t16-/m1/s1. The fourth-order valence-corrected chi connectivity index (χ4v) is 4.80. The molecule has 0 N–H and O–H groups in total. The minimum absolute atomic E-state index is 0.235. The fourth-order valence-electron chi connectivity index (χ4n) is 3.98. The third-order valence-electron chi connectivity index (χ3n) is 5.48. The number of imidazole rings is 1. The summed E-state index contributed by atoms with van der Waals surface area (Å²) in [6.07, 6.45) is 4.76. The molecule has 5 nitrogen and oxygen atoms in total. The van der Waals surface area contributed by atoms with Gasteiger partial charge in [-0.05, 0) is 50.2 Å². The van der Waals surface area contributed by atoms with Crippen LogP contribution in [0.15, 0.2) is 48.2 Å². The van der Waals surface area contributed by atoms with Gasteiger partial charge in [0.25, 0.3) is 0 Å². The van der Waals surface area contributed by atoms with Gasteiger partial charge in [-0.1, -0.05) is 0 Å². The Bertz CT molecular complexity index is 1120. The first kappa shape index (κ1) is 17.5. The summed E-state index contributed by atoms with van der Waals surface area (Å²) in [5, 5.41) is 0. The number of likely N-dealkylation sites (tertiary alicyclic amines) is 1. The van der Waals surface area contributed by atoms with Crippen molar-refractivity contribution in [2.45, 2.75) is 25.8 Å². The largest absolute Gasteiger partial charge is 0.298 e. The van der Waals surface area contributed by atoms with Crippen molar-refractivity contribution in [2.24, 2.45) is 0 Å². The van der Waals surface area contributed by atoms with E-state index in [4.69, 9.17) is 0 Å². The van der Waals surface area contributed by atoms with Gasteiger partial charge in [0.2, 0.25) is 5.78 Å². The van der Waals surface area contributed by atoms with Crippen LogP contribution in [0.1, 0.15) is 28.6 Å². The van der Waals surface area contributed by atoms with E-state index < -0.39 is 0 Å². The molecule has 1 aromatic carbocycles. The molecular formula is C21H20FN5S. The average Bonchev–Trinajstić information content (AvgIpc) is 3.43. The normalized spacial score (nSPS) is 17.6. The van der Waals surface area contributed by atoms with Crippen molar-refractivity contribution in [1.82, 2.24) is 24.3 Å². The number of halogens is 1. The monoisotopic (exact) mass is 393 g/mol. The Morgan fingerprint density at radius 3 is 2.79 bits per heavy atom. The zero-order valence-corrected chi connectivity index (χ0v) is 16.4. The van der Waals surface area contributed by atoms with Crippen molar-refractivity contribution in [1.29, 1.82) is 0 Å². The molecule has 7 heteroatoms. The quantitative estimate of drug-likeness (QED) is 0.519. The molecule has 0 spiro atoms. The highest BCUT2D eigenvalue weighted by Gasteiger charge is 2.27. The van der Waals surface area contributed by atoms with Crippen LogP contribution in [0, 0.1) is 12.7 Å². The Balaban J connectivity index is 1.47. The average molecular weight is 393 g/mol. The van der Waals surface area contributed by atoms with Crippen molar-refractivity contribution in [3.63, 3.8) is 0 Å². The molecule has 1 fully saturated rings. The highest BCUT2D eigenvalue weighted by Crippen LogP contribution is 2.32. The third kappa shape index (κ3) is 3.10. The van der Waals surface area contributed by atoms with Crippen LogP contribution in [0.3, 0.4) is 0 Å². The molecule has 28 heavy (non-hydrogen) atoms. The first-order valence-electron chi connectivity index (χ1n) is 9.38. The molecule has 0 aliphatic carbocycles. The molecule has 1 aliphatic heterocycles. The second-order valence-corrected chi connectivity index (χ2v) is 8.18. The van der Waals surface area contributed by atoms with E-state index in [0.717, 1.165) is 43.0 Å². The lowest BCUT2D eigenvalue weighted by Crippen LogP contribution is -2.20. The molecular weight excluding hydrogens is 373 g/mol. The number of hydrogen-bond acceptors (Lipinski definition) is 5. The topological polar surface area (TPSA) is 46.3 Å². The van der Waals surface area contributed by atoms with E-state index in [2.05, 4.69) is 37.2 Å².